The summed E-state index contributed by atoms with van der Waals surface area (Å²) in [5, 5.41) is 6.19. The molecule has 0 spiro atoms. The van der Waals surface area contributed by atoms with Gasteiger partial charge in [-0.25, -0.2) is 4.98 Å². The number of rotatable bonds is 2. The van der Waals surface area contributed by atoms with Crippen molar-refractivity contribution in [1.29, 1.82) is 0 Å². The number of anilines is 1. The van der Waals surface area contributed by atoms with Crippen LogP contribution in [0.4, 0.5) is 5.82 Å². The summed E-state index contributed by atoms with van der Waals surface area (Å²) in [6, 6.07) is 3.81. The number of piperidine rings is 1. The largest absolute Gasteiger partial charge is 0.317 e. The number of nitrogens with zero attached hydrogens (tertiary/aromatic N) is 1. The van der Waals surface area contributed by atoms with E-state index in [9.17, 15) is 4.79 Å². The Bertz CT molecular complexity index is 411. The van der Waals surface area contributed by atoms with Gasteiger partial charge in [-0.05, 0) is 50.6 Å². The highest BCUT2D eigenvalue weighted by molar-refractivity contribution is 5.94. The van der Waals surface area contributed by atoms with Crippen molar-refractivity contribution in [3.8, 4) is 0 Å². The minimum Gasteiger partial charge on any atom is -0.317 e. The number of carbonyl (C=O) groups excluding carboxylic acids is 1. The first-order chi connectivity index (χ1) is 8.10. The zero-order valence-electron chi connectivity index (χ0n) is 10.4. The first kappa shape index (κ1) is 12.0. The number of aryl methyl sites for hydroxylation is 1. The molecule has 0 aromatic carbocycles. The fraction of sp³-hybridized carbons (Fsp3) is 0.538. The molecule has 2 N–H and O–H groups in total. The molecule has 0 aliphatic carbocycles. The SMILES string of the molecule is Cc1ccnc(NC(=O)C2(C)CCNCC2)c1. The maximum Gasteiger partial charge on any atom is 0.231 e. The highest BCUT2D eigenvalue weighted by atomic mass is 16.2. The molecule has 17 heavy (non-hydrogen) atoms. The summed E-state index contributed by atoms with van der Waals surface area (Å²) in [7, 11) is 0. The molecule has 0 radical (unpaired) electrons. The summed E-state index contributed by atoms with van der Waals surface area (Å²) in [6.45, 7) is 5.83. The Balaban J connectivity index is 2.05. The first-order valence-electron chi connectivity index (χ1n) is 6.05. The van der Waals surface area contributed by atoms with Gasteiger partial charge in [0.25, 0.3) is 0 Å². The molecule has 1 aromatic heterocycles. The van der Waals surface area contributed by atoms with Crippen LogP contribution in [0.2, 0.25) is 0 Å². The van der Waals surface area contributed by atoms with Gasteiger partial charge in [0.15, 0.2) is 0 Å². The number of hydrogen-bond acceptors (Lipinski definition) is 3. The molecule has 0 unspecified atom stereocenters. The average molecular weight is 233 g/mol. The number of aromatic nitrogens is 1. The van der Waals surface area contributed by atoms with E-state index in [2.05, 4.69) is 15.6 Å². The molecule has 1 fully saturated rings. The van der Waals surface area contributed by atoms with Gasteiger partial charge in [0.1, 0.15) is 5.82 Å². The maximum absolute atomic E-state index is 12.2. The summed E-state index contributed by atoms with van der Waals surface area (Å²) < 4.78 is 0. The molecule has 4 nitrogen and oxygen atoms in total. The summed E-state index contributed by atoms with van der Waals surface area (Å²) >= 11 is 0. The van der Waals surface area contributed by atoms with Crippen molar-refractivity contribution in [2.45, 2.75) is 26.7 Å². The Kier molecular flexibility index (Phi) is 3.43. The van der Waals surface area contributed by atoms with Gasteiger partial charge in [-0.15, -0.1) is 0 Å². The molecule has 2 rings (SSSR count). The standard InChI is InChI=1S/C13H19N3O/c1-10-3-6-15-11(9-10)16-12(17)13(2)4-7-14-8-5-13/h3,6,9,14H,4-5,7-8H2,1-2H3,(H,15,16,17). The van der Waals surface area contributed by atoms with Crippen LogP contribution in [0.1, 0.15) is 25.3 Å². The molecule has 1 saturated heterocycles. The Morgan fingerprint density at radius 3 is 2.82 bits per heavy atom. The molecule has 0 atom stereocenters. The lowest BCUT2D eigenvalue weighted by Crippen LogP contribution is -2.42. The number of pyridine rings is 1. The molecule has 1 aromatic rings. The van der Waals surface area contributed by atoms with Gasteiger partial charge in [-0.1, -0.05) is 6.92 Å². The minimum absolute atomic E-state index is 0.0806. The quantitative estimate of drug-likeness (QED) is 0.817. The number of carbonyl (C=O) groups is 1. The van der Waals surface area contributed by atoms with Crippen LogP contribution in [-0.2, 0) is 4.79 Å². The second kappa shape index (κ2) is 4.84. The molecule has 0 saturated carbocycles. The normalized spacial score (nSPS) is 18.7. The minimum atomic E-state index is -0.267. The van der Waals surface area contributed by atoms with E-state index in [1.807, 2.05) is 26.0 Å². The van der Waals surface area contributed by atoms with Gasteiger partial charge >= 0.3 is 0 Å². The lowest BCUT2D eigenvalue weighted by atomic mass is 9.80. The third kappa shape index (κ3) is 2.82. The molecule has 2 heterocycles. The fourth-order valence-electron chi connectivity index (χ4n) is 2.08. The van der Waals surface area contributed by atoms with E-state index in [0.717, 1.165) is 31.5 Å². The van der Waals surface area contributed by atoms with E-state index in [1.165, 1.54) is 0 Å². The Morgan fingerprint density at radius 1 is 1.47 bits per heavy atom. The van der Waals surface area contributed by atoms with Crippen molar-refractivity contribution in [3.05, 3.63) is 23.9 Å². The summed E-state index contributed by atoms with van der Waals surface area (Å²) in [4.78, 5) is 16.4. The number of amides is 1. The zero-order chi connectivity index (χ0) is 12.3. The molecule has 1 amide bonds. The molecular formula is C13H19N3O. The van der Waals surface area contributed by atoms with Crippen LogP contribution in [0.3, 0.4) is 0 Å². The smallest absolute Gasteiger partial charge is 0.231 e. The number of hydrogen-bond donors (Lipinski definition) is 2. The Labute approximate surface area is 102 Å². The van der Waals surface area contributed by atoms with Crippen LogP contribution in [-0.4, -0.2) is 24.0 Å². The van der Waals surface area contributed by atoms with Crippen LogP contribution in [0.15, 0.2) is 18.3 Å². The van der Waals surface area contributed by atoms with Crippen LogP contribution in [0.25, 0.3) is 0 Å². The van der Waals surface area contributed by atoms with E-state index in [-0.39, 0.29) is 11.3 Å². The predicted octanol–water partition coefficient (Wildman–Crippen LogP) is 1.72. The van der Waals surface area contributed by atoms with Crippen LogP contribution < -0.4 is 10.6 Å². The summed E-state index contributed by atoms with van der Waals surface area (Å²) in [5.41, 5.74) is 0.835. The van der Waals surface area contributed by atoms with Crippen molar-refractivity contribution < 1.29 is 4.79 Å². The second-order valence-corrected chi connectivity index (χ2v) is 4.98. The van der Waals surface area contributed by atoms with Crippen molar-refractivity contribution in [3.63, 3.8) is 0 Å². The molecular weight excluding hydrogens is 214 g/mol. The van der Waals surface area contributed by atoms with E-state index in [0.29, 0.717) is 5.82 Å². The van der Waals surface area contributed by atoms with Crippen LogP contribution >= 0.6 is 0 Å². The van der Waals surface area contributed by atoms with Crippen LogP contribution in [0.5, 0.6) is 0 Å². The highest BCUT2D eigenvalue weighted by Gasteiger charge is 2.34. The Hall–Kier alpha value is -1.42. The zero-order valence-corrected chi connectivity index (χ0v) is 10.4. The monoisotopic (exact) mass is 233 g/mol. The third-order valence-corrected chi connectivity index (χ3v) is 3.41. The van der Waals surface area contributed by atoms with E-state index in [1.54, 1.807) is 6.20 Å². The average Bonchev–Trinajstić information content (AvgIpc) is 2.30. The summed E-state index contributed by atoms with van der Waals surface area (Å²) in [6.07, 6.45) is 3.48. The van der Waals surface area contributed by atoms with Crippen molar-refractivity contribution in [2.24, 2.45) is 5.41 Å². The van der Waals surface area contributed by atoms with Gasteiger partial charge in [-0.2, -0.15) is 0 Å². The third-order valence-electron chi connectivity index (χ3n) is 3.41. The Morgan fingerprint density at radius 2 is 2.18 bits per heavy atom. The van der Waals surface area contributed by atoms with Crippen molar-refractivity contribution in [1.82, 2.24) is 10.3 Å². The second-order valence-electron chi connectivity index (χ2n) is 4.98. The van der Waals surface area contributed by atoms with Crippen LogP contribution in [0, 0.1) is 12.3 Å². The topological polar surface area (TPSA) is 54.0 Å². The molecule has 92 valence electrons. The van der Waals surface area contributed by atoms with Gasteiger partial charge in [-0.3, -0.25) is 4.79 Å². The van der Waals surface area contributed by atoms with E-state index >= 15 is 0 Å². The highest BCUT2D eigenvalue weighted by Crippen LogP contribution is 2.29. The maximum atomic E-state index is 12.2. The molecule has 0 bridgehead atoms. The number of nitrogens with one attached hydrogen (secondary N) is 2. The lowest BCUT2D eigenvalue weighted by Gasteiger charge is -2.32. The van der Waals surface area contributed by atoms with E-state index in [4.69, 9.17) is 0 Å². The molecule has 1 aliphatic rings. The lowest BCUT2D eigenvalue weighted by molar-refractivity contribution is -0.126. The van der Waals surface area contributed by atoms with Gasteiger partial charge in [0, 0.05) is 11.6 Å². The van der Waals surface area contributed by atoms with Gasteiger partial charge in [0.2, 0.25) is 5.91 Å². The predicted molar refractivity (Wildman–Crippen MR) is 67.8 cm³/mol. The van der Waals surface area contributed by atoms with E-state index < -0.39 is 0 Å². The van der Waals surface area contributed by atoms with Gasteiger partial charge in [0.05, 0.1) is 0 Å². The first-order valence-corrected chi connectivity index (χ1v) is 6.05. The summed E-state index contributed by atoms with van der Waals surface area (Å²) in [5.74, 6) is 0.729. The van der Waals surface area contributed by atoms with Gasteiger partial charge < -0.3 is 10.6 Å². The molecule has 4 heteroatoms. The van der Waals surface area contributed by atoms with Crippen molar-refractivity contribution >= 4 is 11.7 Å². The molecule has 1 aliphatic heterocycles. The van der Waals surface area contributed by atoms with Crippen molar-refractivity contribution in [2.75, 3.05) is 18.4 Å². The fourth-order valence-corrected chi connectivity index (χ4v) is 2.08.